The van der Waals surface area contributed by atoms with Crippen LogP contribution >= 0.6 is 0 Å². The number of hydrogen-bond donors (Lipinski definition) is 2. The molecule has 0 saturated heterocycles. The van der Waals surface area contributed by atoms with Crippen molar-refractivity contribution in [3.05, 3.63) is 41.1 Å². The second-order valence-corrected chi connectivity index (χ2v) is 8.61. The third-order valence-electron chi connectivity index (χ3n) is 6.65. The zero-order chi connectivity index (χ0) is 18.7. The van der Waals surface area contributed by atoms with Gasteiger partial charge in [0.15, 0.2) is 0 Å². The highest BCUT2D eigenvalue weighted by molar-refractivity contribution is 5.99. The average Bonchev–Trinajstić information content (AvgIpc) is 2.94. The number of likely N-dealkylation sites (N-methyl/N-ethyl adjacent to an activating group) is 1. The van der Waals surface area contributed by atoms with Gasteiger partial charge in [0.1, 0.15) is 0 Å². The molecule has 5 rings (SSSR count). The molecule has 5 nitrogen and oxygen atoms in total. The van der Waals surface area contributed by atoms with Crippen LogP contribution in [0.4, 0.5) is 4.79 Å². The fourth-order valence-electron chi connectivity index (χ4n) is 4.99. The highest BCUT2D eigenvalue weighted by atomic mass is 16.2. The van der Waals surface area contributed by atoms with Crippen LogP contribution in [-0.4, -0.2) is 60.6 Å². The summed E-state index contributed by atoms with van der Waals surface area (Å²) < 4.78 is 0. The lowest BCUT2D eigenvalue weighted by Crippen LogP contribution is -2.51. The molecule has 2 amide bonds. The van der Waals surface area contributed by atoms with Crippen LogP contribution in [0.1, 0.15) is 42.0 Å². The van der Waals surface area contributed by atoms with Gasteiger partial charge in [0.05, 0.1) is 6.04 Å². The number of nitrogens with zero attached hydrogens (tertiary/aromatic N) is 2. The lowest BCUT2D eigenvalue weighted by molar-refractivity contribution is 0.205. The largest absolute Gasteiger partial charge is 0.358 e. The van der Waals surface area contributed by atoms with Crippen LogP contribution in [0, 0.1) is 0 Å². The molecular formula is C22H28N4O. The standard InChI is InChI=1S/C22H28N4O/c1-25(2)22(27)23-14-10-16-15-8-5-9-18-20(15)17(11-19(16)26(3)12-14)21(24-18)13-6-4-7-13/h5,8-10,13-14,19,24H,4,6-7,11-12H2,1-3H3,(H,23,27). The normalized spacial score (nSPS) is 24.9. The molecule has 2 N–H and O–H groups in total. The van der Waals surface area contributed by atoms with E-state index in [2.05, 4.69) is 46.5 Å². The van der Waals surface area contributed by atoms with Crippen molar-refractivity contribution < 1.29 is 4.79 Å². The fourth-order valence-corrected chi connectivity index (χ4v) is 4.99. The van der Waals surface area contributed by atoms with Gasteiger partial charge in [0.25, 0.3) is 0 Å². The number of amides is 2. The Morgan fingerprint density at radius 3 is 2.81 bits per heavy atom. The maximum Gasteiger partial charge on any atom is 0.317 e. The van der Waals surface area contributed by atoms with E-state index in [1.165, 1.54) is 52.6 Å². The Hall–Kier alpha value is -2.27. The minimum Gasteiger partial charge on any atom is -0.358 e. The molecule has 2 unspecified atom stereocenters. The first-order valence-electron chi connectivity index (χ1n) is 10.1. The Balaban J connectivity index is 1.59. The number of aromatic amines is 1. The Labute approximate surface area is 160 Å². The van der Waals surface area contributed by atoms with E-state index in [0.717, 1.165) is 13.0 Å². The number of aromatic nitrogens is 1. The molecule has 1 aromatic heterocycles. The van der Waals surface area contributed by atoms with E-state index < -0.39 is 0 Å². The Morgan fingerprint density at radius 1 is 1.30 bits per heavy atom. The fraction of sp³-hybridized carbons (Fsp3) is 0.500. The van der Waals surface area contributed by atoms with Gasteiger partial charge in [-0.1, -0.05) is 24.6 Å². The summed E-state index contributed by atoms with van der Waals surface area (Å²) in [6.07, 6.45) is 7.35. The van der Waals surface area contributed by atoms with Gasteiger partial charge in [-0.05, 0) is 55.0 Å². The van der Waals surface area contributed by atoms with Gasteiger partial charge in [0.2, 0.25) is 0 Å². The van der Waals surface area contributed by atoms with Crippen molar-refractivity contribution in [1.82, 2.24) is 20.1 Å². The Bertz CT molecular complexity index is 937. The van der Waals surface area contributed by atoms with Gasteiger partial charge in [0, 0.05) is 43.3 Å². The van der Waals surface area contributed by atoms with Gasteiger partial charge < -0.3 is 15.2 Å². The van der Waals surface area contributed by atoms with Crippen LogP contribution in [0.3, 0.4) is 0 Å². The SMILES string of the molecule is CN(C)C(=O)NC1C=C2c3cccc4[nH]c(C5CCC5)c(c34)CC2N(C)C1. The first-order valence-corrected chi connectivity index (χ1v) is 10.1. The quantitative estimate of drug-likeness (QED) is 0.859. The molecule has 1 saturated carbocycles. The number of hydrogen-bond acceptors (Lipinski definition) is 2. The van der Waals surface area contributed by atoms with Crippen molar-refractivity contribution >= 4 is 22.5 Å². The molecule has 2 heterocycles. The number of carbonyl (C=O) groups excluding carboxylic acids is 1. The van der Waals surface area contributed by atoms with Crippen LogP contribution < -0.4 is 5.32 Å². The first kappa shape index (κ1) is 16.9. The maximum atomic E-state index is 12.1. The monoisotopic (exact) mass is 364 g/mol. The molecule has 3 aliphatic rings. The summed E-state index contributed by atoms with van der Waals surface area (Å²) in [4.78, 5) is 19.9. The number of rotatable bonds is 2. The molecule has 5 heteroatoms. The van der Waals surface area contributed by atoms with Crippen molar-refractivity contribution in [3.8, 4) is 0 Å². The molecule has 0 spiro atoms. The average molecular weight is 364 g/mol. The number of nitrogens with one attached hydrogen (secondary N) is 2. The summed E-state index contributed by atoms with van der Waals surface area (Å²) in [6.45, 7) is 0.849. The second kappa shape index (κ2) is 6.13. The van der Waals surface area contributed by atoms with Gasteiger partial charge in [-0.3, -0.25) is 4.90 Å². The highest BCUT2D eigenvalue weighted by Gasteiger charge is 2.37. The topological polar surface area (TPSA) is 51.4 Å². The summed E-state index contributed by atoms with van der Waals surface area (Å²) >= 11 is 0. The smallest absolute Gasteiger partial charge is 0.317 e. The summed E-state index contributed by atoms with van der Waals surface area (Å²) in [5.74, 6) is 0.715. The molecular weight excluding hydrogens is 336 g/mol. The molecule has 0 bridgehead atoms. The van der Waals surface area contributed by atoms with E-state index in [-0.39, 0.29) is 12.1 Å². The number of carbonyl (C=O) groups is 1. The van der Waals surface area contributed by atoms with E-state index in [4.69, 9.17) is 0 Å². The molecule has 1 fully saturated rings. The molecule has 1 aliphatic heterocycles. The molecule has 27 heavy (non-hydrogen) atoms. The van der Waals surface area contributed by atoms with E-state index in [1.54, 1.807) is 19.0 Å². The lowest BCUT2D eigenvalue weighted by atomic mass is 9.76. The van der Waals surface area contributed by atoms with Crippen molar-refractivity contribution in [3.63, 3.8) is 0 Å². The Kier molecular flexibility index (Phi) is 3.83. The minimum absolute atomic E-state index is 0.0349. The molecule has 142 valence electrons. The highest BCUT2D eigenvalue weighted by Crippen LogP contribution is 2.46. The molecule has 2 aliphatic carbocycles. The number of urea groups is 1. The second-order valence-electron chi connectivity index (χ2n) is 8.61. The van der Waals surface area contributed by atoms with Crippen molar-refractivity contribution in [1.29, 1.82) is 0 Å². The number of fused-ring (bicyclic) bond motifs is 2. The van der Waals surface area contributed by atoms with Gasteiger partial charge in [-0.15, -0.1) is 0 Å². The minimum atomic E-state index is -0.0349. The Morgan fingerprint density at radius 2 is 2.11 bits per heavy atom. The number of H-pyrrole nitrogens is 1. The van der Waals surface area contributed by atoms with Gasteiger partial charge >= 0.3 is 6.03 Å². The van der Waals surface area contributed by atoms with Crippen LogP contribution in [0.25, 0.3) is 16.5 Å². The molecule has 0 radical (unpaired) electrons. The summed E-state index contributed by atoms with van der Waals surface area (Å²) in [6, 6.07) is 7.03. The zero-order valence-electron chi connectivity index (χ0n) is 16.4. The summed E-state index contributed by atoms with van der Waals surface area (Å²) in [7, 11) is 5.76. The predicted molar refractivity (Wildman–Crippen MR) is 109 cm³/mol. The molecule has 2 aromatic rings. The van der Waals surface area contributed by atoms with Crippen molar-refractivity contribution in [2.24, 2.45) is 0 Å². The van der Waals surface area contributed by atoms with Crippen LogP contribution in [-0.2, 0) is 6.42 Å². The van der Waals surface area contributed by atoms with Crippen LogP contribution in [0.5, 0.6) is 0 Å². The van der Waals surface area contributed by atoms with E-state index in [0.29, 0.717) is 12.0 Å². The van der Waals surface area contributed by atoms with Crippen LogP contribution in [0.2, 0.25) is 0 Å². The van der Waals surface area contributed by atoms with Gasteiger partial charge in [-0.2, -0.15) is 0 Å². The molecule has 1 aromatic carbocycles. The zero-order valence-corrected chi connectivity index (χ0v) is 16.4. The third kappa shape index (κ3) is 2.59. The number of benzene rings is 1. The summed E-state index contributed by atoms with van der Waals surface area (Å²) in [5.41, 5.74) is 7.00. The summed E-state index contributed by atoms with van der Waals surface area (Å²) in [5, 5.41) is 4.55. The van der Waals surface area contributed by atoms with Crippen LogP contribution in [0.15, 0.2) is 24.3 Å². The van der Waals surface area contributed by atoms with E-state index >= 15 is 0 Å². The lowest BCUT2D eigenvalue weighted by Gasteiger charge is -2.40. The van der Waals surface area contributed by atoms with Crippen molar-refractivity contribution in [2.45, 2.75) is 43.7 Å². The van der Waals surface area contributed by atoms with Gasteiger partial charge in [-0.25, -0.2) is 4.79 Å². The maximum absolute atomic E-state index is 12.1. The van der Waals surface area contributed by atoms with E-state index in [1.807, 2.05) is 0 Å². The first-order chi connectivity index (χ1) is 13.0. The van der Waals surface area contributed by atoms with E-state index in [9.17, 15) is 4.79 Å². The third-order valence-corrected chi connectivity index (χ3v) is 6.65. The molecule has 2 atom stereocenters. The predicted octanol–water partition coefficient (Wildman–Crippen LogP) is 3.33. The van der Waals surface area contributed by atoms with Crippen molar-refractivity contribution in [2.75, 3.05) is 27.7 Å².